The molecule has 0 radical (unpaired) electrons. The topological polar surface area (TPSA) is 159 Å². The van der Waals surface area contributed by atoms with Gasteiger partial charge in [0.1, 0.15) is 28.4 Å². The Balaban J connectivity index is 1.96. The van der Waals surface area contributed by atoms with Gasteiger partial charge in [0.05, 0.1) is 16.8 Å². The molecule has 3 aromatic heterocycles. The minimum Gasteiger partial charge on any atom is -0.508 e. The molecule has 0 aliphatic rings. The molecule has 3 aromatic carbocycles. The lowest BCUT2D eigenvalue weighted by Gasteiger charge is -2.15. The van der Waals surface area contributed by atoms with Crippen LogP contribution in [0.2, 0.25) is 0 Å². The van der Waals surface area contributed by atoms with Gasteiger partial charge in [-0.2, -0.15) is 0 Å². The zero-order valence-corrected chi connectivity index (χ0v) is 16.3. The summed E-state index contributed by atoms with van der Waals surface area (Å²) in [5.74, 6) is -1.20. The van der Waals surface area contributed by atoms with E-state index in [1.54, 1.807) is 0 Å². The molecule has 3 heterocycles. The van der Waals surface area contributed by atoms with Crippen LogP contribution >= 0.6 is 0 Å². The van der Waals surface area contributed by atoms with E-state index in [9.17, 15) is 30.0 Å². The normalized spacial score (nSPS) is 12.0. The highest BCUT2D eigenvalue weighted by Crippen LogP contribution is 2.46. The van der Waals surface area contributed by atoms with E-state index < -0.39 is 16.8 Å². The smallest absolute Gasteiger partial charge is 0.386 e. The molecular weight excluding hydrogens is 420 g/mol. The second kappa shape index (κ2) is 5.73. The molecule has 0 spiro atoms. The molecule has 5 N–H and O–H groups in total. The molecule has 0 unspecified atom stereocenters. The highest BCUT2D eigenvalue weighted by molar-refractivity contribution is 6.28. The predicted octanol–water partition coefficient (Wildman–Crippen LogP) is 3.68. The molecule has 6 aromatic rings. The van der Waals surface area contributed by atoms with E-state index >= 15 is 0 Å². The van der Waals surface area contributed by atoms with Crippen LogP contribution in [0, 0.1) is 6.92 Å². The maximum Gasteiger partial charge on any atom is 0.386 e. The number of rotatable bonds is 1. The Labute approximate surface area is 175 Å². The fourth-order valence-electron chi connectivity index (χ4n) is 4.11. The second-order valence-corrected chi connectivity index (χ2v) is 7.58. The van der Waals surface area contributed by atoms with E-state index in [1.807, 2.05) is 0 Å². The van der Waals surface area contributed by atoms with Crippen molar-refractivity contribution in [1.29, 1.82) is 0 Å². The molecule has 6 rings (SSSR count). The Morgan fingerprint density at radius 1 is 0.781 bits per heavy atom. The zero-order chi connectivity index (χ0) is 22.5. The monoisotopic (exact) mass is 433 g/mol. The summed E-state index contributed by atoms with van der Waals surface area (Å²) >= 11 is 0. The lowest BCUT2D eigenvalue weighted by Crippen LogP contribution is -2.09. The Bertz CT molecular complexity index is 1840. The van der Waals surface area contributed by atoms with Gasteiger partial charge in [-0.1, -0.05) is 0 Å². The van der Waals surface area contributed by atoms with Crippen LogP contribution in [-0.4, -0.2) is 25.2 Å². The maximum atomic E-state index is 12.8. The van der Waals surface area contributed by atoms with E-state index in [0.29, 0.717) is 10.8 Å². The molecular formula is C23H13O9+. The van der Waals surface area contributed by atoms with Gasteiger partial charge >= 0.3 is 11.1 Å². The van der Waals surface area contributed by atoms with Crippen molar-refractivity contribution in [2.24, 2.45) is 0 Å². The van der Waals surface area contributed by atoms with Gasteiger partial charge in [-0.3, -0.25) is 4.79 Å². The molecule has 0 atom stereocenters. The van der Waals surface area contributed by atoms with Crippen molar-refractivity contribution < 1.29 is 38.5 Å². The zero-order valence-electron chi connectivity index (χ0n) is 16.3. The molecule has 9 nitrogen and oxygen atoms in total. The second-order valence-electron chi connectivity index (χ2n) is 7.58. The highest BCUT2D eigenvalue weighted by atomic mass is 16.4. The van der Waals surface area contributed by atoms with Crippen molar-refractivity contribution in [2.75, 3.05) is 0 Å². The largest absolute Gasteiger partial charge is 0.508 e. The van der Waals surface area contributed by atoms with Crippen LogP contribution in [-0.2, 0) is 0 Å². The first-order valence-electron chi connectivity index (χ1n) is 9.43. The summed E-state index contributed by atoms with van der Waals surface area (Å²) in [6.45, 7) is 1.53. The van der Waals surface area contributed by atoms with Crippen LogP contribution < -0.4 is 11.1 Å². The molecule has 9 heteroatoms. The van der Waals surface area contributed by atoms with Crippen molar-refractivity contribution >= 4 is 43.9 Å². The van der Waals surface area contributed by atoms with Crippen LogP contribution in [0.3, 0.4) is 0 Å². The lowest BCUT2D eigenvalue weighted by molar-refractivity contribution is 0.431. The first-order valence-corrected chi connectivity index (χ1v) is 9.43. The summed E-state index contributed by atoms with van der Waals surface area (Å²) in [7, 11) is 0. The minimum absolute atomic E-state index is 0.00550. The summed E-state index contributed by atoms with van der Waals surface area (Å²) < 4.78 is 17.3. The molecule has 0 bridgehead atoms. The molecule has 158 valence electrons. The summed E-state index contributed by atoms with van der Waals surface area (Å²) in [4.78, 5) is 22.9. The van der Waals surface area contributed by atoms with Crippen molar-refractivity contribution in [3.05, 3.63) is 51.7 Å². The molecule has 32 heavy (non-hydrogen) atoms. The first kappa shape index (κ1) is 18.1. The van der Waals surface area contributed by atoms with Crippen LogP contribution in [0.5, 0.6) is 23.0 Å². The summed E-state index contributed by atoms with van der Waals surface area (Å²) in [5.41, 5.74) is -0.879. The molecule has 0 saturated heterocycles. The predicted molar refractivity (Wildman–Crippen MR) is 113 cm³/mol. The summed E-state index contributed by atoms with van der Waals surface area (Å²) in [6, 6.07) is 6.38. The van der Waals surface area contributed by atoms with Crippen LogP contribution in [0.1, 0.15) is 5.56 Å². The van der Waals surface area contributed by atoms with E-state index in [4.69, 9.17) is 13.3 Å². The van der Waals surface area contributed by atoms with Gasteiger partial charge in [0, 0.05) is 34.0 Å². The molecule has 0 amide bonds. The number of benzene rings is 3. The highest BCUT2D eigenvalue weighted by Gasteiger charge is 2.27. The average molecular weight is 433 g/mol. The fourth-order valence-corrected chi connectivity index (χ4v) is 4.11. The average Bonchev–Trinajstić information content (AvgIpc) is 2.74. The Kier molecular flexibility index (Phi) is 3.25. The Morgan fingerprint density at radius 2 is 1.44 bits per heavy atom. The standard InChI is InChI=1S/C23H12O9/c1-7-11(25)2-8(3-12(7)26)20-22-18-16-10(23(29)32-22)6-13(27)19(28)21(16)31-15-5-9(24)4-14(30-20)17(15)18/h2-6,24-26,28H,1H3/p+1. The number of aromatic hydroxyl groups is 4. The molecule has 0 fully saturated rings. The third kappa shape index (κ3) is 2.16. The number of hydrogen-bond acceptors (Lipinski definition) is 8. The third-order valence-corrected chi connectivity index (χ3v) is 5.67. The number of phenols is 4. The van der Waals surface area contributed by atoms with Gasteiger partial charge in [-0.25, -0.2) is 4.79 Å². The van der Waals surface area contributed by atoms with E-state index in [-0.39, 0.29) is 67.2 Å². The number of phenolic OH excluding ortho intramolecular Hbond substituents is 4. The van der Waals surface area contributed by atoms with E-state index in [1.165, 1.54) is 31.2 Å². The van der Waals surface area contributed by atoms with Gasteiger partial charge < -0.3 is 33.7 Å². The number of hydrogen-bond donors (Lipinski definition) is 4. The van der Waals surface area contributed by atoms with Crippen molar-refractivity contribution in [2.45, 2.75) is 6.92 Å². The van der Waals surface area contributed by atoms with Crippen LogP contribution in [0.4, 0.5) is 0 Å². The van der Waals surface area contributed by atoms with Crippen molar-refractivity contribution in [3.8, 4) is 34.3 Å². The lowest BCUT2D eigenvalue weighted by atomic mass is 9.98. The van der Waals surface area contributed by atoms with Crippen molar-refractivity contribution in [1.82, 2.24) is 0 Å². The molecule has 0 aliphatic heterocycles. The van der Waals surface area contributed by atoms with Gasteiger partial charge in [0.25, 0.3) is 5.75 Å². The van der Waals surface area contributed by atoms with Gasteiger partial charge in [0.2, 0.25) is 0 Å². The Morgan fingerprint density at radius 3 is 2.12 bits per heavy atom. The minimum atomic E-state index is -0.828. The maximum absolute atomic E-state index is 12.8. The van der Waals surface area contributed by atoms with Crippen LogP contribution in [0.25, 0.3) is 55.2 Å². The van der Waals surface area contributed by atoms with Gasteiger partial charge in [0.15, 0.2) is 16.9 Å². The third-order valence-electron chi connectivity index (χ3n) is 5.67. The summed E-state index contributed by atoms with van der Waals surface area (Å²) in [6.07, 6.45) is 0. The van der Waals surface area contributed by atoms with Crippen LogP contribution in [0.15, 0.2) is 48.4 Å². The quantitative estimate of drug-likeness (QED) is 0.174. The molecule has 0 saturated carbocycles. The Hall–Kier alpha value is -4.66. The molecule has 0 aliphatic carbocycles. The van der Waals surface area contributed by atoms with Gasteiger partial charge in [-0.05, 0) is 19.1 Å². The fraction of sp³-hybridized carbons (Fsp3) is 0.0435. The van der Waals surface area contributed by atoms with E-state index in [2.05, 4.69) is 0 Å². The first-order chi connectivity index (χ1) is 15.2. The van der Waals surface area contributed by atoms with Gasteiger partial charge in [-0.15, -0.1) is 0 Å². The van der Waals surface area contributed by atoms with Crippen molar-refractivity contribution in [3.63, 3.8) is 0 Å². The SMILES string of the molecule is Cc1c(O)cc(-c2oc3cc(O)cc4oc5c(O)c(=[OH+])cc6c(=O)oc2c(c34)c56)cc1O. The summed E-state index contributed by atoms with van der Waals surface area (Å²) in [5, 5.41) is 41.9. The van der Waals surface area contributed by atoms with E-state index in [0.717, 1.165) is 6.07 Å².